The number of benzene rings is 2. The van der Waals surface area contributed by atoms with Gasteiger partial charge in [-0.25, -0.2) is 0 Å². The first-order valence-electron chi connectivity index (χ1n) is 10.8. The molecule has 2 N–H and O–H groups in total. The Morgan fingerprint density at radius 3 is 2.56 bits per heavy atom. The zero-order valence-electron chi connectivity index (χ0n) is 19.4. The number of para-hydroxylation sites is 1. The summed E-state index contributed by atoms with van der Waals surface area (Å²) < 4.78 is 31.4. The van der Waals surface area contributed by atoms with Gasteiger partial charge in [-0.05, 0) is 42.7 Å². The summed E-state index contributed by atoms with van der Waals surface area (Å²) in [6.07, 6.45) is 0.720. The summed E-state index contributed by atoms with van der Waals surface area (Å²) in [5.41, 5.74) is 0.158. The predicted molar refractivity (Wildman–Crippen MR) is 131 cm³/mol. The zero-order chi connectivity index (χ0) is 24.8. The first-order valence-corrected chi connectivity index (χ1v) is 12.3. The Hall–Kier alpha value is -3.66. The van der Waals surface area contributed by atoms with Crippen LogP contribution < -0.4 is 10.9 Å². The Kier molecular flexibility index (Phi) is 5.94. The SMILES string of the molecule is CC(C)CCn1c(=O)c(C2=NS(=O)(=O)c3cc(C(=O)N(C)C)ccc3N2)c(O)c2ccccc21. The first-order chi connectivity index (χ1) is 16.0. The van der Waals surface area contributed by atoms with Crippen LogP contribution in [0.25, 0.3) is 10.9 Å². The van der Waals surface area contributed by atoms with Gasteiger partial charge in [-0.15, -0.1) is 4.40 Å². The lowest BCUT2D eigenvalue weighted by molar-refractivity contribution is 0.0827. The molecule has 0 fully saturated rings. The molecule has 0 radical (unpaired) electrons. The van der Waals surface area contributed by atoms with Crippen molar-refractivity contribution in [3.05, 3.63) is 63.9 Å². The molecule has 0 spiro atoms. The van der Waals surface area contributed by atoms with Crippen molar-refractivity contribution in [3.8, 4) is 5.75 Å². The van der Waals surface area contributed by atoms with Crippen LogP contribution in [0.4, 0.5) is 5.69 Å². The summed E-state index contributed by atoms with van der Waals surface area (Å²) in [5, 5.41) is 14.3. The number of amidine groups is 1. The molecule has 1 aromatic heterocycles. The minimum absolute atomic E-state index is 0.168. The maximum Gasteiger partial charge on any atom is 0.286 e. The van der Waals surface area contributed by atoms with Crippen LogP contribution in [0, 0.1) is 5.92 Å². The van der Waals surface area contributed by atoms with Crippen LogP contribution >= 0.6 is 0 Å². The molecule has 0 saturated carbocycles. The largest absolute Gasteiger partial charge is 0.506 e. The number of amides is 1. The molecule has 2 heterocycles. The Balaban J connectivity index is 1.90. The third-order valence-corrected chi connectivity index (χ3v) is 7.01. The van der Waals surface area contributed by atoms with E-state index in [2.05, 4.69) is 9.71 Å². The molecule has 0 aliphatic carbocycles. The summed E-state index contributed by atoms with van der Waals surface area (Å²) in [6.45, 7) is 4.48. The number of aromatic hydroxyl groups is 1. The molecule has 0 unspecified atom stereocenters. The van der Waals surface area contributed by atoms with E-state index >= 15 is 0 Å². The number of fused-ring (bicyclic) bond motifs is 2. The molecular formula is C24H26N4O5S. The quantitative estimate of drug-likeness (QED) is 0.577. The van der Waals surface area contributed by atoms with Crippen LogP contribution in [0.2, 0.25) is 0 Å². The van der Waals surface area contributed by atoms with Crippen molar-refractivity contribution in [1.82, 2.24) is 9.47 Å². The van der Waals surface area contributed by atoms with Crippen LogP contribution in [0.15, 0.2) is 56.6 Å². The van der Waals surface area contributed by atoms with E-state index in [1.807, 2.05) is 13.8 Å². The van der Waals surface area contributed by atoms with E-state index in [4.69, 9.17) is 0 Å². The van der Waals surface area contributed by atoms with Crippen LogP contribution in [0.5, 0.6) is 5.75 Å². The Bertz CT molecular complexity index is 1500. The van der Waals surface area contributed by atoms with Crippen LogP contribution in [-0.4, -0.2) is 48.8 Å². The molecule has 9 nitrogen and oxygen atoms in total. The van der Waals surface area contributed by atoms with Crippen molar-refractivity contribution in [2.75, 3.05) is 19.4 Å². The minimum atomic E-state index is -4.25. The topological polar surface area (TPSA) is 121 Å². The number of sulfonamides is 1. The number of anilines is 1. The third-order valence-electron chi connectivity index (χ3n) is 5.69. The second-order valence-electron chi connectivity index (χ2n) is 8.83. The Morgan fingerprint density at radius 1 is 1.18 bits per heavy atom. The fourth-order valence-electron chi connectivity index (χ4n) is 3.87. The van der Waals surface area contributed by atoms with Crippen molar-refractivity contribution in [1.29, 1.82) is 0 Å². The number of hydrogen-bond donors (Lipinski definition) is 2. The molecule has 0 saturated heterocycles. The van der Waals surface area contributed by atoms with Gasteiger partial charge in [-0.2, -0.15) is 8.42 Å². The molecule has 1 aliphatic rings. The van der Waals surface area contributed by atoms with Gasteiger partial charge in [0.05, 0.1) is 11.2 Å². The summed E-state index contributed by atoms with van der Waals surface area (Å²) >= 11 is 0. The van der Waals surface area contributed by atoms with Gasteiger partial charge in [-0.3, -0.25) is 9.59 Å². The highest BCUT2D eigenvalue weighted by Gasteiger charge is 2.30. The average molecular weight is 483 g/mol. The fraction of sp³-hybridized carbons (Fsp3) is 0.292. The highest BCUT2D eigenvalue weighted by molar-refractivity contribution is 7.90. The van der Waals surface area contributed by atoms with Crippen LogP contribution in [-0.2, 0) is 16.6 Å². The summed E-state index contributed by atoms with van der Waals surface area (Å²) in [7, 11) is -1.12. The number of carbonyl (C=O) groups is 1. The molecule has 1 amide bonds. The minimum Gasteiger partial charge on any atom is -0.506 e. The number of hydrogen-bond acceptors (Lipinski definition) is 6. The molecule has 1 aliphatic heterocycles. The van der Waals surface area contributed by atoms with E-state index in [0.717, 1.165) is 6.42 Å². The highest BCUT2D eigenvalue weighted by Crippen LogP contribution is 2.33. The van der Waals surface area contributed by atoms with E-state index in [9.17, 15) is 23.1 Å². The van der Waals surface area contributed by atoms with Crippen molar-refractivity contribution in [2.45, 2.75) is 31.7 Å². The van der Waals surface area contributed by atoms with Gasteiger partial charge in [-0.1, -0.05) is 26.0 Å². The van der Waals surface area contributed by atoms with Crippen molar-refractivity contribution in [2.24, 2.45) is 10.3 Å². The molecule has 178 valence electrons. The molecule has 10 heteroatoms. The van der Waals surface area contributed by atoms with Crippen molar-refractivity contribution in [3.63, 3.8) is 0 Å². The smallest absolute Gasteiger partial charge is 0.286 e. The van der Waals surface area contributed by atoms with Gasteiger partial charge in [0.2, 0.25) is 0 Å². The van der Waals surface area contributed by atoms with Crippen molar-refractivity contribution >= 4 is 38.4 Å². The zero-order valence-corrected chi connectivity index (χ0v) is 20.2. The highest BCUT2D eigenvalue weighted by atomic mass is 32.2. The Labute approximate surface area is 197 Å². The summed E-state index contributed by atoms with van der Waals surface area (Å²) in [5.74, 6) is -0.621. The number of rotatable bonds is 5. The lowest BCUT2D eigenvalue weighted by Gasteiger charge is -2.21. The maximum absolute atomic E-state index is 13.5. The van der Waals surface area contributed by atoms with E-state index in [1.165, 1.54) is 27.7 Å². The van der Waals surface area contributed by atoms with Gasteiger partial charge in [0.1, 0.15) is 16.2 Å². The fourth-order valence-corrected chi connectivity index (χ4v) is 5.02. The second-order valence-corrected chi connectivity index (χ2v) is 10.4. The Morgan fingerprint density at radius 2 is 1.88 bits per heavy atom. The molecule has 3 aromatic rings. The van der Waals surface area contributed by atoms with Crippen LogP contribution in [0.3, 0.4) is 0 Å². The molecular weight excluding hydrogens is 456 g/mol. The molecule has 0 bridgehead atoms. The number of aryl methyl sites for hydroxylation is 1. The maximum atomic E-state index is 13.5. The van der Waals surface area contributed by atoms with Gasteiger partial charge >= 0.3 is 0 Å². The second kappa shape index (κ2) is 8.60. The monoisotopic (exact) mass is 482 g/mol. The summed E-state index contributed by atoms with van der Waals surface area (Å²) in [4.78, 5) is 26.9. The summed E-state index contributed by atoms with van der Waals surface area (Å²) in [6, 6.07) is 11.1. The van der Waals surface area contributed by atoms with E-state index in [-0.39, 0.29) is 39.2 Å². The number of aromatic nitrogens is 1. The van der Waals surface area contributed by atoms with Gasteiger partial charge in [0.25, 0.3) is 21.5 Å². The molecule has 4 rings (SSSR count). The number of carbonyl (C=O) groups excluding carboxylic acids is 1. The number of nitrogens with one attached hydrogen (secondary N) is 1. The first kappa shape index (κ1) is 23.5. The van der Waals surface area contributed by atoms with E-state index in [1.54, 1.807) is 38.4 Å². The molecule has 0 atom stereocenters. The lowest BCUT2D eigenvalue weighted by Crippen LogP contribution is -2.33. The van der Waals surface area contributed by atoms with E-state index in [0.29, 0.717) is 23.4 Å². The molecule has 2 aromatic carbocycles. The predicted octanol–water partition coefficient (Wildman–Crippen LogP) is 3.02. The number of nitrogens with zero attached hydrogens (tertiary/aromatic N) is 3. The van der Waals surface area contributed by atoms with Gasteiger partial charge in [0, 0.05) is 31.6 Å². The lowest BCUT2D eigenvalue weighted by atomic mass is 10.1. The number of pyridine rings is 1. The van der Waals surface area contributed by atoms with Gasteiger partial charge in [0.15, 0.2) is 5.84 Å². The van der Waals surface area contributed by atoms with E-state index < -0.39 is 15.6 Å². The standard InChI is InChI=1S/C24H26N4O5S/c1-14(2)11-12-28-18-8-6-5-7-16(18)21(29)20(24(28)31)22-25-17-10-9-15(23(30)27(3)4)13-19(17)34(32,33)26-22/h5-10,13-14,29H,11-12H2,1-4H3,(H,25,26). The normalized spacial score (nSPS) is 14.4. The van der Waals surface area contributed by atoms with Gasteiger partial charge < -0.3 is 19.9 Å². The molecule has 34 heavy (non-hydrogen) atoms. The van der Waals surface area contributed by atoms with Crippen LogP contribution in [0.1, 0.15) is 36.2 Å². The third kappa shape index (κ3) is 4.05. The average Bonchev–Trinajstić information content (AvgIpc) is 2.77. The van der Waals surface area contributed by atoms with Crippen molar-refractivity contribution < 1.29 is 18.3 Å².